The number of likely N-dealkylation sites (tertiary alicyclic amines) is 2. The summed E-state index contributed by atoms with van der Waals surface area (Å²) in [5, 5.41) is 30.6. The van der Waals surface area contributed by atoms with E-state index < -0.39 is 29.5 Å². The van der Waals surface area contributed by atoms with Crippen molar-refractivity contribution in [2.45, 2.75) is 122 Å². The van der Waals surface area contributed by atoms with Crippen LogP contribution in [0.15, 0.2) is 83.0 Å². The van der Waals surface area contributed by atoms with Crippen LogP contribution in [0.2, 0.25) is 0 Å². The lowest BCUT2D eigenvalue weighted by atomic mass is 9.91. The fourth-order valence-electron chi connectivity index (χ4n) is 12.1. The number of aliphatic hydroxyl groups is 1. The lowest BCUT2D eigenvalue weighted by Gasteiger charge is -2.42. The molecule has 3 amide bonds. The number of pyridine rings is 1. The van der Waals surface area contributed by atoms with Crippen LogP contribution in [-0.4, -0.2) is 150 Å². The van der Waals surface area contributed by atoms with Crippen LogP contribution in [0.4, 0.5) is 15.0 Å². The van der Waals surface area contributed by atoms with Gasteiger partial charge in [-0.25, -0.2) is 14.2 Å². The van der Waals surface area contributed by atoms with E-state index >= 15 is 4.39 Å². The Morgan fingerprint density at radius 3 is 2.37 bits per heavy atom. The number of phenols is 1. The van der Waals surface area contributed by atoms with Gasteiger partial charge in [0.25, 0.3) is 5.88 Å². The van der Waals surface area contributed by atoms with Gasteiger partial charge in [-0.05, 0) is 124 Å². The SMILES string of the molecule is Cc1ncsc1-c1ccc([C@H](C)NC(=O)[C@@H]2C[C@@H](O)CN2C(=O)[C@@H](c2cc(OCC3CCN(CCOc4nc(N5CC6CCC(C5)N6C(=O)OC(C)(C)C)c5cnc(-c6cc(O)cc7ccccc67)c(F)c5n4)CC3)no2)C(C)C)cc1. The number of fused-ring (bicyclic) bond motifs is 4. The van der Waals surface area contributed by atoms with E-state index in [2.05, 4.69) is 35.2 Å². The largest absolute Gasteiger partial charge is 0.508 e. The number of hydrogen-bond acceptors (Lipinski definition) is 17. The molecule has 11 rings (SSSR count). The number of hydrogen-bond donors (Lipinski definition) is 3. The maximum Gasteiger partial charge on any atom is 0.410 e. The van der Waals surface area contributed by atoms with Crippen molar-refractivity contribution in [3.8, 4) is 39.3 Å². The van der Waals surface area contributed by atoms with E-state index in [1.807, 2.05) is 107 Å². The highest BCUT2D eigenvalue weighted by Crippen LogP contribution is 2.40. The van der Waals surface area contributed by atoms with Gasteiger partial charge in [-0.15, -0.1) is 11.3 Å². The fraction of sp³-hybridized carbons (Fsp3) is 0.475. The van der Waals surface area contributed by atoms with Crippen molar-refractivity contribution in [2.24, 2.45) is 11.8 Å². The number of ether oxygens (including phenoxy) is 3. The van der Waals surface area contributed by atoms with E-state index in [-0.39, 0.29) is 96.3 Å². The van der Waals surface area contributed by atoms with Crippen molar-refractivity contribution in [3.63, 3.8) is 0 Å². The maximum absolute atomic E-state index is 17.1. The minimum Gasteiger partial charge on any atom is -0.508 e. The van der Waals surface area contributed by atoms with Gasteiger partial charge < -0.3 is 44.1 Å². The van der Waals surface area contributed by atoms with Crippen molar-refractivity contribution in [1.29, 1.82) is 0 Å². The predicted octanol–water partition coefficient (Wildman–Crippen LogP) is 9.45. The Kier molecular flexibility index (Phi) is 16.1. The zero-order valence-corrected chi connectivity index (χ0v) is 48.2. The highest BCUT2D eigenvalue weighted by Gasteiger charge is 2.46. The zero-order valence-electron chi connectivity index (χ0n) is 47.4. The first-order chi connectivity index (χ1) is 39.3. The number of β-amino-alcohol motifs (C(OH)–C–C–N with tert-alkyl or cyclic N) is 1. The normalized spacial score (nSPS) is 20.4. The molecule has 7 aromatic rings. The molecule has 4 aliphatic rings. The molecule has 82 heavy (non-hydrogen) atoms. The number of thiazole rings is 1. The van der Waals surface area contributed by atoms with Gasteiger partial charge in [0.15, 0.2) is 11.6 Å². The minimum absolute atomic E-state index is 0.0156. The van der Waals surface area contributed by atoms with Crippen LogP contribution >= 0.6 is 11.3 Å². The number of rotatable bonds is 16. The summed E-state index contributed by atoms with van der Waals surface area (Å²) < 4.78 is 41.2. The average Bonchev–Trinajstić information content (AvgIpc) is 3.58. The third-order valence-corrected chi connectivity index (χ3v) is 17.3. The van der Waals surface area contributed by atoms with Gasteiger partial charge in [-0.1, -0.05) is 62.4 Å². The first-order valence-electron chi connectivity index (χ1n) is 28.4. The zero-order chi connectivity index (χ0) is 57.6. The number of piperidine rings is 1. The van der Waals surface area contributed by atoms with Gasteiger partial charge in [-0.3, -0.25) is 24.4 Å². The molecule has 2 bridgehead atoms. The summed E-state index contributed by atoms with van der Waals surface area (Å²) in [5.41, 5.74) is 4.62. The van der Waals surface area contributed by atoms with Gasteiger partial charge >= 0.3 is 12.1 Å². The van der Waals surface area contributed by atoms with Gasteiger partial charge in [-0.2, -0.15) is 9.97 Å². The number of piperazine rings is 1. The van der Waals surface area contributed by atoms with Gasteiger partial charge in [0.2, 0.25) is 11.8 Å². The van der Waals surface area contributed by atoms with Crippen molar-refractivity contribution in [3.05, 3.63) is 101 Å². The molecule has 8 heterocycles. The molecule has 6 atom stereocenters. The molecule has 4 aromatic heterocycles. The minimum atomic E-state index is -0.863. The summed E-state index contributed by atoms with van der Waals surface area (Å²) in [4.78, 5) is 68.9. The summed E-state index contributed by atoms with van der Waals surface area (Å²) >= 11 is 1.58. The van der Waals surface area contributed by atoms with Crippen LogP contribution in [0.25, 0.3) is 43.4 Å². The molecule has 19 nitrogen and oxygen atoms in total. The average molecular weight is 1140 g/mol. The number of aromatic nitrogens is 5. The smallest absolute Gasteiger partial charge is 0.410 e. The van der Waals surface area contributed by atoms with Crippen LogP contribution in [0.3, 0.4) is 0 Å². The Balaban J connectivity index is 0.709. The number of carbonyl (C=O) groups is 3. The van der Waals surface area contributed by atoms with Gasteiger partial charge in [0.05, 0.1) is 52.3 Å². The quantitative estimate of drug-likeness (QED) is 0.0820. The topological polar surface area (TPSA) is 222 Å². The molecule has 3 aromatic carbocycles. The Morgan fingerprint density at radius 2 is 1.66 bits per heavy atom. The molecule has 3 N–H and O–H groups in total. The van der Waals surface area contributed by atoms with Gasteiger partial charge in [0, 0.05) is 50.4 Å². The van der Waals surface area contributed by atoms with Crippen molar-refractivity contribution < 1.29 is 47.7 Å². The monoisotopic (exact) mass is 1140 g/mol. The summed E-state index contributed by atoms with van der Waals surface area (Å²) in [6.07, 6.45) is 3.78. The number of halogens is 1. The lowest BCUT2D eigenvalue weighted by Crippen LogP contribution is -2.57. The van der Waals surface area contributed by atoms with E-state index in [0.717, 1.165) is 71.2 Å². The molecule has 2 unspecified atom stereocenters. The summed E-state index contributed by atoms with van der Waals surface area (Å²) in [7, 11) is 0. The molecule has 4 fully saturated rings. The van der Waals surface area contributed by atoms with Crippen LogP contribution in [0.5, 0.6) is 17.6 Å². The summed E-state index contributed by atoms with van der Waals surface area (Å²) in [6, 6.07) is 18.8. The number of nitrogens with one attached hydrogen (secondary N) is 1. The summed E-state index contributed by atoms with van der Waals surface area (Å²) in [5.74, 6) is -1.03. The maximum atomic E-state index is 17.1. The third kappa shape index (κ3) is 11.9. The Labute approximate surface area is 479 Å². The van der Waals surface area contributed by atoms with Crippen LogP contribution in [0.1, 0.15) is 103 Å². The van der Waals surface area contributed by atoms with Crippen LogP contribution < -0.4 is 19.7 Å². The van der Waals surface area contributed by atoms with E-state index in [1.165, 1.54) is 11.0 Å². The number of benzene rings is 3. The fourth-order valence-corrected chi connectivity index (χ4v) is 13.0. The van der Waals surface area contributed by atoms with E-state index in [4.69, 9.17) is 23.7 Å². The van der Waals surface area contributed by atoms with Crippen molar-refractivity contribution in [1.82, 2.24) is 45.1 Å². The molecule has 0 spiro atoms. The number of aliphatic hydroxyl groups excluding tert-OH is 1. The first-order valence-corrected chi connectivity index (χ1v) is 29.3. The van der Waals surface area contributed by atoms with E-state index in [9.17, 15) is 24.6 Å². The number of aryl methyl sites for hydroxylation is 1. The molecule has 432 valence electrons. The number of phenolic OH excluding ortho intramolecular Hbond substituents is 1. The Hall–Kier alpha value is -7.49. The lowest BCUT2D eigenvalue weighted by molar-refractivity contribution is -0.141. The van der Waals surface area contributed by atoms with E-state index in [1.54, 1.807) is 29.7 Å². The second-order valence-corrected chi connectivity index (χ2v) is 24.5. The van der Waals surface area contributed by atoms with E-state index in [0.29, 0.717) is 48.8 Å². The predicted molar refractivity (Wildman–Crippen MR) is 308 cm³/mol. The second-order valence-electron chi connectivity index (χ2n) is 23.7. The molecule has 4 saturated heterocycles. The number of carbonyl (C=O) groups excluding carboxylic acids is 3. The highest BCUT2D eigenvalue weighted by molar-refractivity contribution is 7.13. The molecule has 21 heteroatoms. The second kappa shape index (κ2) is 23.4. The van der Waals surface area contributed by atoms with Crippen molar-refractivity contribution >= 4 is 56.7 Å². The Morgan fingerprint density at radius 1 is 0.915 bits per heavy atom. The first kappa shape index (κ1) is 56.4. The van der Waals surface area contributed by atoms with Crippen molar-refractivity contribution in [2.75, 3.05) is 57.4 Å². The molecule has 4 aliphatic heterocycles. The van der Waals surface area contributed by atoms with Crippen LogP contribution in [-0.2, 0) is 14.3 Å². The Bertz CT molecular complexity index is 3460. The molecular formula is C61H71FN10O9S. The number of amides is 3. The molecule has 0 radical (unpaired) electrons. The molecule has 0 saturated carbocycles. The van der Waals surface area contributed by atoms with Crippen LogP contribution in [0, 0.1) is 24.6 Å². The summed E-state index contributed by atoms with van der Waals surface area (Å²) in [6.45, 7) is 16.9. The highest BCUT2D eigenvalue weighted by atomic mass is 32.1. The van der Waals surface area contributed by atoms with Gasteiger partial charge in [0.1, 0.15) is 46.9 Å². The number of nitrogens with zero attached hydrogens (tertiary/aromatic N) is 9. The molecular weight excluding hydrogens is 1070 g/mol. The standard InChI is InChI=1S/C61H71FN10O9S/c1-34(2)51(58(76)71-31-44(74)26-48(71)57(75)65-35(3)38-12-14-39(15-13-38)55-36(4)64-33-82-55)49-27-50(68-81-49)79-32-37-18-20-69(21-19-37)22-23-78-59-66-54-47(28-63-53(52(54)62)46-25-43(73)24-40-10-8-9-11-45(40)46)56(67-59)70-29-41-16-17-42(30-70)72(41)60(77)80-61(5,6)7/h8-15,24-25,27-28,33-35,37,41-42,44,48,51,73-74H,16-23,26,29-32H2,1-7H3,(H,65,75)/t35-,41?,42?,44+,48-,51+/m0/s1. The number of anilines is 1. The number of aromatic hydroxyl groups is 1. The third-order valence-electron chi connectivity index (χ3n) is 16.3. The molecule has 0 aliphatic carbocycles.